The lowest BCUT2D eigenvalue weighted by molar-refractivity contribution is 0.385. The molecule has 1 aromatic heterocycles. The Balaban J connectivity index is 2.28. The smallest absolute Gasteiger partial charge is 0.223 e. The number of aryl methyl sites for hydroxylation is 1. The van der Waals surface area contributed by atoms with Gasteiger partial charge in [-0.15, -0.1) is 0 Å². The molecule has 1 aromatic carbocycles. The molecule has 15 heavy (non-hydrogen) atoms. The predicted molar refractivity (Wildman–Crippen MR) is 59.2 cm³/mol. The monoisotopic (exact) mass is 267 g/mol. The summed E-state index contributed by atoms with van der Waals surface area (Å²) in [5.41, 5.74) is 6.94. The summed E-state index contributed by atoms with van der Waals surface area (Å²) in [5, 5.41) is 3.79. The molecule has 2 aromatic rings. The third kappa shape index (κ3) is 2.24. The second kappa shape index (κ2) is 4.12. The summed E-state index contributed by atoms with van der Waals surface area (Å²) in [7, 11) is 0. The highest BCUT2D eigenvalue weighted by molar-refractivity contribution is 9.10. The van der Waals surface area contributed by atoms with E-state index in [0.717, 1.165) is 10.0 Å². The first kappa shape index (κ1) is 10.3. The quantitative estimate of drug-likeness (QED) is 0.906. The fourth-order valence-corrected chi connectivity index (χ4v) is 1.52. The Bertz CT molecular complexity index is 452. The van der Waals surface area contributed by atoms with Crippen molar-refractivity contribution in [3.8, 4) is 0 Å². The van der Waals surface area contributed by atoms with E-state index in [1.807, 2.05) is 24.3 Å². The van der Waals surface area contributed by atoms with Crippen molar-refractivity contribution in [3.05, 3.63) is 46.0 Å². The van der Waals surface area contributed by atoms with E-state index in [0.29, 0.717) is 11.7 Å². The molecule has 0 aliphatic rings. The Labute approximate surface area is 95.6 Å². The molecule has 0 spiro atoms. The molecule has 2 rings (SSSR count). The van der Waals surface area contributed by atoms with E-state index in [-0.39, 0.29) is 6.04 Å². The van der Waals surface area contributed by atoms with Crippen molar-refractivity contribution in [2.75, 3.05) is 0 Å². The SMILES string of the molecule is Cc1nc(C(N)c2ccc(Br)cc2)no1. The zero-order valence-electron chi connectivity index (χ0n) is 8.14. The van der Waals surface area contributed by atoms with Crippen LogP contribution < -0.4 is 5.73 Å². The van der Waals surface area contributed by atoms with Crippen molar-refractivity contribution in [1.82, 2.24) is 10.1 Å². The lowest BCUT2D eigenvalue weighted by atomic mass is 10.1. The van der Waals surface area contributed by atoms with Gasteiger partial charge in [-0.25, -0.2) is 0 Å². The number of nitrogens with zero attached hydrogens (tertiary/aromatic N) is 2. The molecule has 4 nitrogen and oxygen atoms in total. The van der Waals surface area contributed by atoms with Crippen molar-refractivity contribution in [3.63, 3.8) is 0 Å². The van der Waals surface area contributed by atoms with Crippen LogP contribution in [0.5, 0.6) is 0 Å². The van der Waals surface area contributed by atoms with E-state index in [1.54, 1.807) is 6.92 Å². The highest BCUT2D eigenvalue weighted by Gasteiger charge is 2.14. The number of rotatable bonds is 2. The maximum absolute atomic E-state index is 5.98. The Kier molecular flexibility index (Phi) is 2.83. The number of nitrogens with two attached hydrogens (primary N) is 1. The Morgan fingerprint density at radius 2 is 2.00 bits per heavy atom. The van der Waals surface area contributed by atoms with Crippen LogP contribution >= 0.6 is 15.9 Å². The van der Waals surface area contributed by atoms with Crippen LogP contribution in [0.1, 0.15) is 23.3 Å². The van der Waals surface area contributed by atoms with Crippen molar-refractivity contribution in [2.24, 2.45) is 5.73 Å². The van der Waals surface area contributed by atoms with Gasteiger partial charge in [-0.1, -0.05) is 33.2 Å². The van der Waals surface area contributed by atoms with Crippen LogP contribution in [0.3, 0.4) is 0 Å². The summed E-state index contributed by atoms with van der Waals surface area (Å²) in [6.45, 7) is 1.74. The van der Waals surface area contributed by atoms with Gasteiger partial charge in [0.05, 0.1) is 6.04 Å². The normalized spacial score (nSPS) is 12.7. The average Bonchev–Trinajstić information content (AvgIpc) is 2.65. The summed E-state index contributed by atoms with van der Waals surface area (Å²) in [6, 6.07) is 7.39. The molecular weight excluding hydrogens is 258 g/mol. The van der Waals surface area contributed by atoms with Gasteiger partial charge in [-0.2, -0.15) is 4.98 Å². The van der Waals surface area contributed by atoms with Gasteiger partial charge in [-0.05, 0) is 17.7 Å². The van der Waals surface area contributed by atoms with Crippen molar-refractivity contribution in [1.29, 1.82) is 0 Å². The highest BCUT2D eigenvalue weighted by atomic mass is 79.9. The van der Waals surface area contributed by atoms with Crippen molar-refractivity contribution in [2.45, 2.75) is 13.0 Å². The Hall–Kier alpha value is -1.20. The second-order valence-electron chi connectivity index (χ2n) is 3.20. The highest BCUT2D eigenvalue weighted by Crippen LogP contribution is 2.19. The minimum absolute atomic E-state index is 0.337. The summed E-state index contributed by atoms with van der Waals surface area (Å²) in [5.74, 6) is 1.03. The van der Waals surface area contributed by atoms with Gasteiger partial charge in [0.1, 0.15) is 0 Å². The number of aromatic nitrogens is 2. The number of benzene rings is 1. The maximum Gasteiger partial charge on any atom is 0.223 e. The molecule has 0 aliphatic carbocycles. The van der Waals surface area contributed by atoms with E-state index in [4.69, 9.17) is 10.3 Å². The average molecular weight is 268 g/mol. The number of halogens is 1. The predicted octanol–water partition coefficient (Wildman–Crippen LogP) is 2.19. The zero-order valence-corrected chi connectivity index (χ0v) is 9.73. The lowest BCUT2D eigenvalue weighted by Crippen LogP contribution is -2.13. The van der Waals surface area contributed by atoms with E-state index in [1.165, 1.54) is 0 Å². The summed E-state index contributed by atoms with van der Waals surface area (Å²) >= 11 is 3.36. The van der Waals surface area contributed by atoms with Crippen molar-refractivity contribution < 1.29 is 4.52 Å². The molecule has 78 valence electrons. The van der Waals surface area contributed by atoms with Crippen LogP contribution in [0, 0.1) is 6.92 Å². The van der Waals surface area contributed by atoms with Gasteiger partial charge < -0.3 is 10.3 Å². The van der Waals surface area contributed by atoms with Crippen LogP contribution in [0.25, 0.3) is 0 Å². The standard InChI is InChI=1S/C10H10BrN3O/c1-6-13-10(14-15-6)9(12)7-2-4-8(11)5-3-7/h2-5,9H,12H2,1H3. The van der Waals surface area contributed by atoms with Crippen LogP contribution in [0.15, 0.2) is 33.3 Å². The largest absolute Gasteiger partial charge is 0.340 e. The van der Waals surface area contributed by atoms with E-state index in [2.05, 4.69) is 26.1 Å². The Morgan fingerprint density at radius 1 is 1.33 bits per heavy atom. The molecule has 0 saturated heterocycles. The van der Waals surface area contributed by atoms with Crippen LogP contribution in [-0.2, 0) is 0 Å². The maximum atomic E-state index is 5.98. The van der Waals surface area contributed by atoms with Crippen LogP contribution in [0.4, 0.5) is 0 Å². The third-order valence-corrected chi connectivity index (χ3v) is 2.58. The van der Waals surface area contributed by atoms with Crippen LogP contribution in [-0.4, -0.2) is 10.1 Å². The molecule has 0 fully saturated rings. The lowest BCUT2D eigenvalue weighted by Gasteiger charge is -2.06. The molecule has 0 amide bonds. The molecule has 2 N–H and O–H groups in total. The first-order valence-electron chi connectivity index (χ1n) is 4.48. The molecule has 1 unspecified atom stereocenters. The zero-order chi connectivity index (χ0) is 10.8. The molecule has 0 radical (unpaired) electrons. The topological polar surface area (TPSA) is 64.9 Å². The summed E-state index contributed by atoms with van der Waals surface area (Å²) < 4.78 is 5.90. The van der Waals surface area contributed by atoms with Gasteiger partial charge in [0.15, 0.2) is 5.82 Å². The van der Waals surface area contributed by atoms with Gasteiger partial charge in [0.25, 0.3) is 0 Å². The van der Waals surface area contributed by atoms with E-state index in [9.17, 15) is 0 Å². The molecular formula is C10H10BrN3O. The summed E-state index contributed by atoms with van der Waals surface area (Å²) in [4.78, 5) is 4.09. The number of hydrogen-bond donors (Lipinski definition) is 1. The summed E-state index contributed by atoms with van der Waals surface area (Å²) in [6.07, 6.45) is 0. The van der Waals surface area contributed by atoms with Gasteiger partial charge >= 0.3 is 0 Å². The first-order chi connectivity index (χ1) is 7.16. The fraction of sp³-hybridized carbons (Fsp3) is 0.200. The van der Waals surface area contributed by atoms with E-state index >= 15 is 0 Å². The van der Waals surface area contributed by atoms with Gasteiger partial charge in [0, 0.05) is 11.4 Å². The van der Waals surface area contributed by atoms with Gasteiger partial charge in [-0.3, -0.25) is 0 Å². The minimum Gasteiger partial charge on any atom is -0.340 e. The molecule has 5 heteroatoms. The molecule has 0 aliphatic heterocycles. The molecule has 0 saturated carbocycles. The first-order valence-corrected chi connectivity index (χ1v) is 5.27. The second-order valence-corrected chi connectivity index (χ2v) is 4.12. The van der Waals surface area contributed by atoms with Crippen molar-refractivity contribution >= 4 is 15.9 Å². The minimum atomic E-state index is -0.337. The van der Waals surface area contributed by atoms with Gasteiger partial charge in [0.2, 0.25) is 5.89 Å². The fourth-order valence-electron chi connectivity index (χ4n) is 1.26. The molecule has 1 heterocycles. The Morgan fingerprint density at radius 3 is 2.53 bits per heavy atom. The number of hydrogen-bond acceptors (Lipinski definition) is 4. The third-order valence-electron chi connectivity index (χ3n) is 2.05. The van der Waals surface area contributed by atoms with Crippen LogP contribution in [0.2, 0.25) is 0 Å². The molecule has 1 atom stereocenters. The molecule has 0 bridgehead atoms. The van der Waals surface area contributed by atoms with E-state index < -0.39 is 0 Å².